The normalized spacial score (nSPS) is 12.0. The van der Waals surface area contributed by atoms with Crippen molar-refractivity contribution >= 4 is 34.9 Å². The first kappa shape index (κ1) is 28.6. The molecule has 5 aromatic rings. The molecule has 1 aliphatic heterocycles. The highest BCUT2D eigenvalue weighted by molar-refractivity contribution is 6.06. The third-order valence-corrected chi connectivity index (χ3v) is 7.05. The summed E-state index contributed by atoms with van der Waals surface area (Å²) < 4.78 is 6.22. The van der Waals surface area contributed by atoms with Crippen LogP contribution in [-0.2, 0) is 12.8 Å². The smallest absolute Gasteiger partial charge is 0.346 e. The highest BCUT2D eigenvalue weighted by atomic mass is 16.5. The first-order valence-electron chi connectivity index (χ1n) is 13.6. The van der Waals surface area contributed by atoms with Crippen molar-refractivity contribution < 1.29 is 34.4 Å². The Morgan fingerprint density at radius 2 is 1.60 bits per heavy atom. The van der Waals surface area contributed by atoms with E-state index in [4.69, 9.17) is 4.74 Å². The van der Waals surface area contributed by atoms with E-state index >= 15 is 0 Å². The maximum atomic E-state index is 13.6. The van der Waals surface area contributed by atoms with E-state index in [9.17, 15) is 34.5 Å². The van der Waals surface area contributed by atoms with Gasteiger partial charge in [0.05, 0.1) is 16.8 Å². The van der Waals surface area contributed by atoms with Gasteiger partial charge in [0.1, 0.15) is 17.2 Å². The van der Waals surface area contributed by atoms with Crippen LogP contribution in [0.1, 0.15) is 42.3 Å². The molecule has 0 atom stereocenters. The average Bonchev–Trinajstić information content (AvgIpc) is 3.44. The topological polar surface area (TPSA) is 196 Å². The van der Waals surface area contributed by atoms with Crippen molar-refractivity contribution in [1.82, 2.24) is 9.78 Å². The summed E-state index contributed by atoms with van der Waals surface area (Å²) in [5.74, 6) is -2.60. The Morgan fingerprint density at radius 1 is 0.867 bits per heavy atom. The molecule has 13 heteroatoms. The molecule has 0 fully saturated rings. The fourth-order valence-electron chi connectivity index (χ4n) is 4.87. The van der Waals surface area contributed by atoms with Crippen molar-refractivity contribution in [3.05, 3.63) is 123 Å². The molecule has 1 amide bonds. The van der Waals surface area contributed by atoms with Gasteiger partial charge >= 0.3 is 11.9 Å². The molecule has 0 saturated carbocycles. The van der Waals surface area contributed by atoms with Crippen molar-refractivity contribution in [2.24, 2.45) is 10.2 Å². The number of phenolic OH excluding ortho intramolecular Hbond substituents is 2. The molecule has 6 rings (SSSR count). The summed E-state index contributed by atoms with van der Waals surface area (Å²) in [6.45, 7) is 0. The molecule has 2 bridgehead atoms. The minimum atomic E-state index is -1.29. The van der Waals surface area contributed by atoms with Gasteiger partial charge < -0.3 is 25.4 Å². The highest BCUT2D eigenvalue weighted by Gasteiger charge is 2.29. The Kier molecular flexibility index (Phi) is 7.40. The number of carbonyl (C=O) groups is 3. The Balaban J connectivity index is 1.37. The largest absolute Gasteiger partial charge is 0.508 e. The van der Waals surface area contributed by atoms with Crippen molar-refractivity contribution in [2.75, 3.05) is 5.32 Å². The second kappa shape index (κ2) is 11.6. The molecular formula is C32H23N5O8. The Labute approximate surface area is 253 Å². The molecule has 0 spiro atoms. The minimum absolute atomic E-state index is 0.00912. The summed E-state index contributed by atoms with van der Waals surface area (Å²) in [7, 11) is 0. The average molecular weight is 606 g/mol. The number of phenols is 2. The fourth-order valence-corrected chi connectivity index (χ4v) is 4.87. The van der Waals surface area contributed by atoms with Crippen molar-refractivity contribution in [2.45, 2.75) is 12.8 Å². The van der Waals surface area contributed by atoms with Crippen LogP contribution in [0.5, 0.6) is 17.2 Å². The lowest BCUT2D eigenvalue weighted by atomic mass is 10.0. The highest BCUT2D eigenvalue weighted by Crippen LogP contribution is 2.41. The van der Waals surface area contributed by atoms with Gasteiger partial charge in [0.25, 0.3) is 11.5 Å². The fraction of sp³-hybridized carbons (Fsp3) is 0.0625. The SMILES string of the molecule is O=C(O)c1ccccc1-n1[nH]c(C(=O)Nc2ccccc2)c(N=Nc2c3cc(CCc4cc(O)ccc4O)cc2C(=O)O3)c1=O. The van der Waals surface area contributed by atoms with Crippen LogP contribution in [0.25, 0.3) is 5.69 Å². The number of aromatic hydroxyl groups is 2. The van der Waals surface area contributed by atoms with E-state index < -0.39 is 29.1 Å². The Morgan fingerprint density at radius 3 is 2.36 bits per heavy atom. The third kappa shape index (κ3) is 5.64. The molecule has 5 N–H and O–H groups in total. The first-order valence-corrected chi connectivity index (χ1v) is 13.6. The first-order chi connectivity index (χ1) is 21.7. The molecule has 4 aromatic carbocycles. The zero-order valence-electron chi connectivity index (χ0n) is 23.2. The van der Waals surface area contributed by atoms with Gasteiger partial charge in [-0.2, -0.15) is 0 Å². The number of benzene rings is 4. The Bertz CT molecular complexity index is 2080. The number of anilines is 1. The number of nitrogens with one attached hydrogen (secondary N) is 2. The van der Waals surface area contributed by atoms with Crippen LogP contribution in [-0.4, -0.2) is 42.9 Å². The summed E-state index contributed by atoms with van der Waals surface area (Å²) >= 11 is 0. The second-order valence-electron chi connectivity index (χ2n) is 10.0. The van der Waals surface area contributed by atoms with Gasteiger partial charge in [0.15, 0.2) is 17.1 Å². The summed E-state index contributed by atoms with van der Waals surface area (Å²) in [6, 6.07) is 21.5. The van der Waals surface area contributed by atoms with Gasteiger partial charge in [-0.1, -0.05) is 30.3 Å². The van der Waals surface area contributed by atoms with E-state index in [0.717, 1.165) is 4.68 Å². The van der Waals surface area contributed by atoms with Crippen molar-refractivity contribution in [3.63, 3.8) is 0 Å². The summed E-state index contributed by atoms with van der Waals surface area (Å²) in [4.78, 5) is 51.4. The zero-order chi connectivity index (χ0) is 31.7. The predicted octanol–water partition coefficient (Wildman–Crippen LogP) is 5.26. The molecule has 1 aliphatic rings. The van der Waals surface area contributed by atoms with Gasteiger partial charge in [-0.05, 0) is 78.6 Å². The standard InChI is InChI=1S/C32H23N5O8/c38-20-12-13-24(39)18(16-20)11-10-17-14-22-26(25(15-17)45-32(22)44)34-35-28-27(29(40)33-19-6-2-1-3-7-19)36-37(30(28)41)23-9-5-4-8-21(23)31(42)43/h1-9,12-16,36,38-39H,10-11H2,(H,33,40)(H,42,43). The van der Waals surface area contributed by atoms with Crippen LogP contribution in [0.15, 0.2) is 100.0 Å². The number of azo groups is 1. The monoisotopic (exact) mass is 605 g/mol. The van der Waals surface area contributed by atoms with E-state index in [2.05, 4.69) is 20.6 Å². The molecule has 45 heavy (non-hydrogen) atoms. The maximum Gasteiger partial charge on any atom is 0.346 e. The zero-order valence-corrected chi connectivity index (χ0v) is 23.2. The van der Waals surface area contributed by atoms with Crippen molar-refractivity contribution in [3.8, 4) is 22.9 Å². The van der Waals surface area contributed by atoms with Gasteiger partial charge in [0.2, 0.25) is 0 Å². The number of nitrogens with zero attached hydrogens (tertiary/aromatic N) is 3. The number of hydrogen-bond acceptors (Lipinski definition) is 9. The molecule has 0 saturated heterocycles. The number of carbonyl (C=O) groups excluding carboxylic acids is 2. The lowest BCUT2D eigenvalue weighted by molar-refractivity contribution is 0.0695. The molecular weight excluding hydrogens is 582 g/mol. The number of carboxylic acids is 1. The number of aryl methyl sites for hydroxylation is 2. The number of H-pyrrole nitrogens is 1. The van der Waals surface area contributed by atoms with E-state index in [0.29, 0.717) is 29.7 Å². The van der Waals surface area contributed by atoms with Crippen molar-refractivity contribution in [1.29, 1.82) is 0 Å². The second-order valence-corrected chi connectivity index (χ2v) is 10.0. The number of aromatic nitrogens is 2. The number of para-hydroxylation sites is 2. The van der Waals surface area contributed by atoms with E-state index in [1.165, 1.54) is 42.5 Å². The number of rotatable bonds is 9. The molecule has 224 valence electrons. The van der Waals surface area contributed by atoms with Gasteiger partial charge in [-0.25, -0.2) is 14.3 Å². The summed E-state index contributed by atoms with van der Waals surface area (Å²) in [5, 5.41) is 43.0. The lowest BCUT2D eigenvalue weighted by Crippen LogP contribution is -2.17. The molecule has 2 heterocycles. The van der Waals surface area contributed by atoms with Crippen LogP contribution in [0.4, 0.5) is 17.1 Å². The molecule has 0 unspecified atom stereocenters. The molecule has 13 nitrogen and oxygen atoms in total. The minimum Gasteiger partial charge on any atom is -0.508 e. The number of aromatic amines is 1. The molecule has 0 aliphatic carbocycles. The van der Waals surface area contributed by atoms with E-state index in [1.54, 1.807) is 42.5 Å². The quantitative estimate of drug-likeness (QED) is 0.0852. The number of ether oxygens (including phenoxy) is 1. The number of amides is 1. The van der Waals surface area contributed by atoms with Crippen LogP contribution in [0, 0.1) is 0 Å². The Hall–Kier alpha value is -6.50. The third-order valence-electron chi connectivity index (χ3n) is 7.05. The van der Waals surface area contributed by atoms with Crippen LogP contribution >= 0.6 is 0 Å². The van der Waals surface area contributed by atoms with Gasteiger partial charge in [-0.15, -0.1) is 10.2 Å². The number of aromatic carboxylic acids is 1. The van der Waals surface area contributed by atoms with Gasteiger partial charge in [-0.3, -0.25) is 14.7 Å². The number of hydrogen-bond donors (Lipinski definition) is 5. The number of fused-ring (bicyclic) bond motifs is 2. The van der Waals surface area contributed by atoms with Crippen LogP contribution in [0.2, 0.25) is 0 Å². The number of carboxylic acid groups (broad SMARTS) is 1. The predicted molar refractivity (Wildman–Crippen MR) is 161 cm³/mol. The maximum absolute atomic E-state index is 13.6. The molecule has 0 radical (unpaired) electrons. The van der Waals surface area contributed by atoms with Gasteiger partial charge in [0, 0.05) is 5.69 Å². The number of esters is 1. The van der Waals surface area contributed by atoms with E-state index in [1.807, 2.05) is 0 Å². The molecule has 1 aromatic heterocycles. The van der Waals surface area contributed by atoms with Crippen LogP contribution in [0.3, 0.4) is 0 Å². The summed E-state index contributed by atoms with van der Waals surface area (Å²) in [6.07, 6.45) is 0.745. The lowest BCUT2D eigenvalue weighted by Gasteiger charge is -2.06. The summed E-state index contributed by atoms with van der Waals surface area (Å²) in [5.41, 5.74) is -0.0723. The van der Waals surface area contributed by atoms with E-state index in [-0.39, 0.29) is 45.4 Å². The van der Waals surface area contributed by atoms with Crippen LogP contribution < -0.4 is 15.6 Å².